The standard InChI is InChI=1S/C30H35BrN2O2S/c1-4-5-16-35-26-15-14-23(31)18-22(26)19-32-30-28(24-10-8-6-7-9-11-27(24)36-30)29(34)33-25-17-20(2)12-13-21(25)3/h12-15,17-19H,4-11,16H2,1-3H3,(H,33,34). The Morgan fingerprint density at radius 1 is 1.11 bits per heavy atom. The molecule has 4 rings (SSSR count). The fourth-order valence-electron chi connectivity index (χ4n) is 4.49. The molecule has 3 aromatic rings. The molecule has 0 spiro atoms. The molecule has 190 valence electrons. The van der Waals surface area contributed by atoms with Gasteiger partial charge in [0.05, 0.1) is 12.2 Å². The minimum absolute atomic E-state index is 0.0671. The van der Waals surface area contributed by atoms with Crippen molar-refractivity contribution in [3.05, 3.63) is 73.6 Å². The molecule has 6 heteroatoms. The lowest BCUT2D eigenvalue weighted by atomic mass is 9.96. The average Bonchev–Trinajstić information content (AvgIpc) is 3.17. The number of benzene rings is 2. The normalized spacial score (nSPS) is 13.8. The number of aliphatic imine (C=N–C) groups is 1. The summed E-state index contributed by atoms with van der Waals surface area (Å²) in [5.41, 5.74) is 5.86. The average molecular weight is 568 g/mol. The van der Waals surface area contributed by atoms with E-state index in [1.807, 2.05) is 44.3 Å². The Morgan fingerprint density at radius 2 is 1.92 bits per heavy atom. The molecular formula is C30H35BrN2O2S. The molecule has 0 saturated heterocycles. The van der Waals surface area contributed by atoms with E-state index < -0.39 is 0 Å². The number of hydrogen-bond acceptors (Lipinski definition) is 4. The van der Waals surface area contributed by atoms with Crippen LogP contribution < -0.4 is 10.1 Å². The van der Waals surface area contributed by atoms with Gasteiger partial charge in [-0.05, 0) is 86.9 Å². The number of anilines is 1. The van der Waals surface area contributed by atoms with Crippen molar-refractivity contribution in [3.8, 4) is 5.75 Å². The molecule has 4 nitrogen and oxygen atoms in total. The number of halogens is 1. The van der Waals surface area contributed by atoms with Gasteiger partial charge >= 0.3 is 0 Å². The van der Waals surface area contributed by atoms with E-state index in [0.29, 0.717) is 6.61 Å². The second-order valence-electron chi connectivity index (χ2n) is 9.51. The highest BCUT2D eigenvalue weighted by molar-refractivity contribution is 9.10. The minimum atomic E-state index is -0.0671. The van der Waals surface area contributed by atoms with Crippen LogP contribution in [0.5, 0.6) is 5.75 Å². The number of unbranched alkanes of at least 4 members (excludes halogenated alkanes) is 1. The molecule has 0 bridgehead atoms. The van der Waals surface area contributed by atoms with Crippen LogP contribution in [-0.4, -0.2) is 18.7 Å². The summed E-state index contributed by atoms with van der Waals surface area (Å²) in [5.74, 6) is 0.745. The number of carbonyl (C=O) groups is 1. The summed E-state index contributed by atoms with van der Waals surface area (Å²) in [6.07, 6.45) is 10.6. The predicted molar refractivity (Wildman–Crippen MR) is 156 cm³/mol. The monoisotopic (exact) mass is 566 g/mol. The number of ether oxygens (including phenoxy) is 1. The topological polar surface area (TPSA) is 50.7 Å². The molecule has 0 aliphatic heterocycles. The quantitative estimate of drug-likeness (QED) is 0.218. The van der Waals surface area contributed by atoms with E-state index >= 15 is 0 Å². The number of nitrogens with zero attached hydrogens (tertiary/aromatic N) is 1. The Kier molecular flexibility index (Phi) is 9.38. The highest BCUT2D eigenvalue weighted by Gasteiger charge is 2.24. The van der Waals surface area contributed by atoms with Crippen LogP contribution in [0.2, 0.25) is 0 Å². The van der Waals surface area contributed by atoms with Crippen LogP contribution in [0.3, 0.4) is 0 Å². The van der Waals surface area contributed by atoms with Crippen molar-refractivity contribution < 1.29 is 9.53 Å². The first kappa shape index (κ1) is 26.6. The lowest BCUT2D eigenvalue weighted by Gasteiger charge is -2.13. The Bertz CT molecular complexity index is 1250. The molecule has 0 radical (unpaired) electrons. The van der Waals surface area contributed by atoms with Gasteiger partial charge in [0.1, 0.15) is 10.8 Å². The molecule has 1 aliphatic carbocycles. The number of thiophene rings is 1. The van der Waals surface area contributed by atoms with Gasteiger partial charge < -0.3 is 10.1 Å². The third-order valence-electron chi connectivity index (χ3n) is 6.57. The fraction of sp³-hybridized carbons (Fsp3) is 0.400. The molecule has 0 saturated carbocycles. The maximum Gasteiger partial charge on any atom is 0.259 e. The lowest BCUT2D eigenvalue weighted by molar-refractivity contribution is 0.102. The van der Waals surface area contributed by atoms with Crippen molar-refractivity contribution in [2.45, 2.75) is 72.1 Å². The van der Waals surface area contributed by atoms with Crippen molar-refractivity contribution in [1.82, 2.24) is 0 Å². The predicted octanol–water partition coefficient (Wildman–Crippen LogP) is 8.97. The van der Waals surface area contributed by atoms with Gasteiger partial charge in [0.25, 0.3) is 5.91 Å². The summed E-state index contributed by atoms with van der Waals surface area (Å²) >= 11 is 5.25. The SMILES string of the molecule is CCCCOc1ccc(Br)cc1C=Nc1sc2c(c1C(=O)Nc1cc(C)ccc1C)CCCCCC2. The number of fused-ring (bicyclic) bond motifs is 1. The second kappa shape index (κ2) is 12.7. The minimum Gasteiger partial charge on any atom is -0.493 e. The van der Waals surface area contributed by atoms with Crippen LogP contribution in [0.1, 0.15) is 82.9 Å². The molecule has 1 heterocycles. The molecule has 2 aromatic carbocycles. The van der Waals surface area contributed by atoms with Crippen LogP contribution in [0.4, 0.5) is 10.7 Å². The van der Waals surface area contributed by atoms with E-state index in [1.54, 1.807) is 11.3 Å². The van der Waals surface area contributed by atoms with Gasteiger partial charge in [0.2, 0.25) is 0 Å². The van der Waals surface area contributed by atoms with Crippen molar-refractivity contribution >= 4 is 50.1 Å². The number of rotatable bonds is 8. The van der Waals surface area contributed by atoms with Crippen molar-refractivity contribution in [2.24, 2.45) is 4.99 Å². The van der Waals surface area contributed by atoms with Crippen LogP contribution in [0.15, 0.2) is 45.9 Å². The molecule has 36 heavy (non-hydrogen) atoms. The third kappa shape index (κ3) is 6.65. The zero-order valence-electron chi connectivity index (χ0n) is 21.5. The van der Waals surface area contributed by atoms with Crippen molar-refractivity contribution in [2.75, 3.05) is 11.9 Å². The van der Waals surface area contributed by atoms with E-state index in [4.69, 9.17) is 9.73 Å². The Hall–Kier alpha value is -2.44. The van der Waals surface area contributed by atoms with Gasteiger partial charge in [-0.1, -0.05) is 54.2 Å². The molecule has 0 fully saturated rings. The summed E-state index contributed by atoms with van der Waals surface area (Å²) in [5, 5.41) is 3.98. The Labute approximate surface area is 227 Å². The van der Waals surface area contributed by atoms with Crippen molar-refractivity contribution in [1.29, 1.82) is 0 Å². The highest BCUT2D eigenvalue weighted by Crippen LogP contribution is 2.39. The molecule has 1 N–H and O–H groups in total. The Morgan fingerprint density at radius 3 is 2.72 bits per heavy atom. The number of carbonyl (C=O) groups excluding carboxylic acids is 1. The maximum atomic E-state index is 13.7. The third-order valence-corrected chi connectivity index (χ3v) is 8.26. The molecule has 1 aromatic heterocycles. The van der Waals surface area contributed by atoms with Gasteiger partial charge in [-0.2, -0.15) is 0 Å². The largest absolute Gasteiger partial charge is 0.493 e. The molecule has 1 aliphatic rings. The lowest BCUT2D eigenvalue weighted by Crippen LogP contribution is -2.15. The smallest absolute Gasteiger partial charge is 0.259 e. The second-order valence-corrected chi connectivity index (χ2v) is 11.5. The summed E-state index contributed by atoms with van der Waals surface area (Å²) in [6.45, 7) is 6.90. The van der Waals surface area contributed by atoms with Crippen LogP contribution in [-0.2, 0) is 12.8 Å². The van der Waals surface area contributed by atoms with Gasteiger partial charge in [-0.25, -0.2) is 4.99 Å². The highest BCUT2D eigenvalue weighted by atomic mass is 79.9. The Balaban J connectivity index is 1.71. The first-order valence-electron chi connectivity index (χ1n) is 13.0. The number of nitrogens with one attached hydrogen (secondary N) is 1. The van der Waals surface area contributed by atoms with Gasteiger partial charge in [0.15, 0.2) is 0 Å². The van der Waals surface area contributed by atoms with Gasteiger partial charge in [0, 0.05) is 26.8 Å². The molecule has 0 unspecified atom stereocenters. The van der Waals surface area contributed by atoms with E-state index in [-0.39, 0.29) is 5.91 Å². The number of hydrogen-bond donors (Lipinski definition) is 1. The summed E-state index contributed by atoms with van der Waals surface area (Å²) < 4.78 is 7.00. The van der Waals surface area contributed by atoms with E-state index in [0.717, 1.165) is 81.7 Å². The summed E-state index contributed by atoms with van der Waals surface area (Å²) in [7, 11) is 0. The zero-order valence-corrected chi connectivity index (χ0v) is 23.9. The van der Waals surface area contributed by atoms with Crippen LogP contribution in [0.25, 0.3) is 0 Å². The van der Waals surface area contributed by atoms with Crippen LogP contribution >= 0.6 is 27.3 Å². The van der Waals surface area contributed by atoms with Crippen LogP contribution in [0, 0.1) is 13.8 Å². The molecule has 1 amide bonds. The van der Waals surface area contributed by atoms with Gasteiger partial charge in [-0.15, -0.1) is 11.3 Å². The number of amides is 1. The first-order valence-corrected chi connectivity index (χ1v) is 14.6. The zero-order chi connectivity index (χ0) is 25.5. The summed E-state index contributed by atoms with van der Waals surface area (Å²) in [4.78, 5) is 19.9. The van der Waals surface area contributed by atoms with E-state index in [9.17, 15) is 4.79 Å². The first-order chi connectivity index (χ1) is 17.5. The molecular weight excluding hydrogens is 532 g/mol. The number of aryl methyl sites for hydroxylation is 3. The summed E-state index contributed by atoms with van der Waals surface area (Å²) in [6, 6.07) is 12.1. The molecule has 0 atom stereocenters. The van der Waals surface area contributed by atoms with E-state index in [1.165, 1.54) is 23.3 Å². The van der Waals surface area contributed by atoms with Crippen molar-refractivity contribution in [3.63, 3.8) is 0 Å². The van der Waals surface area contributed by atoms with E-state index in [2.05, 4.69) is 40.3 Å². The van der Waals surface area contributed by atoms with Gasteiger partial charge in [-0.3, -0.25) is 4.79 Å². The maximum absolute atomic E-state index is 13.7. The fourth-order valence-corrected chi connectivity index (χ4v) is 6.10.